The standard InChI is InChI=1S/C22H25NO4/c1-5-6-19-20(26-12-16-8-7-14(2)23-15(16)3)10-9-18-17(11-21(24)25-4)13-27-22(18)19/h7-10,13H,5-6,11-12H2,1-4H3. The lowest BCUT2D eigenvalue weighted by Crippen LogP contribution is -2.04. The van der Waals surface area contributed by atoms with Gasteiger partial charge in [-0.15, -0.1) is 0 Å². The number of ether oxygens (including phenoxy) is 2. The number of pyridine rings is 1. The molecular formula is C22H25NO4. The maximum Gasteiger partial charge on any atom is 0.310 e. The van der Waals surface area contributed by atoms with Gasteiger partial charge >= 0.3 is 5.97 Å². The van der Waals surface area contributed by atoms with Gasteiger partial charge in [-0.2, -0.15) is 0 Å². The maximum absolute atomic E-state index is 11.6. The molecule has 0 aliphatic heterocycles. The molecule has 3 rings (SSSR count). The second kappa shape index (κ2) is 8.25. The van der Waals surface area contributed by atoms with Gasteiger partial charge in [0.15, 0.2) is 0 Å². The molecule has 0 spiro atoms. The third kappa shape index (κ3) is 4.13. The van der Waals surface area contributed by atoms with Gasteiger partial charge in [-0.1, -0.05) is 19.4 Å². The number of carbonyl (C=O) groups excluding carboxylic acids is 1. The number of esters is 1. The van der Waals surface area contributed by atoms with Gasteiger partial charge in [0.2, 0.25) is 0 Å². The van der Waals surface area contributed by atoms with Crippen molar-refractivity contribution in [1.82, 2.24) is 4.98 Å². The number of hydrogen-bond acceptors (Lipinski definition) is 5. The highest BCUT2D eigenvalue weighted by atomic mass is 16.5. The number of carbonyl (C=O) groups is 1. The summed E-state index contributed by atoms with van der Waals surface area (Å²) in [6.45, 7) is 6.55. The summed E-state index contributed by atoms with van der Waals surface area (Å²) in [7, 11) is 1.39. The molecule has 0 bridgehead atoms. The van der Waals surface area contributed by atoms with Gasteiger partial charge < -0.3 is 13.9 Å². The van der Waals surface area contributed by atoms with Gasteiger partial charge in [0, 0.05) is 33.5 Å². The van der Waals surface area contributed by atoms with Crippen LogP contribution in [0.5, 0.6) is 5.75 Å². The van der Waals surface area contributed by atoms with E-state index in [0.29, 0.717) is 6.61 Å². The minimum absolute atomic E-state index is 0.198. The Labute approximate surface area is 159 Å². The SMILES string of the molecule is CCCc1c(OCc2ccc(C)nc2C)ccc2c(CC(=O)OC)coc12. The molecule has 0 aliphatic carbocycles. The average Bonchev–Trinajstić information content (AvgIpc) is 3.05. The first-order valence-electron chi connectivity index (χ1n) is 9.18. The summed E-state index contributed by atoms with van der Waals surface area (Å²) >= 11 is 0. The fourth-order valence-electron chi connectivity index (χ4n) is 3.20. The first kappa shape index (κ1) is 19.0. The topological polar surface area (TPSA) is 61.6 Å². The molecule has 0 amide bonds. The van der Waals surface area contributed by atoms with Crippen molar-refractivity contribution in [2.45, 2.75) is 46.6 Å². The van der Waals surface area contributed by atoms with Gasteiger partial charge in [0.05, 0.1) is 19.8 Å². The van der Waals surface area contributed by atoms with Crippen LogP contribution in [0.1, 0.15) is 41.4 Å². The van der Waals surface area contributed by atoms with Crippen LogP contribution in [0.15, 0.2) is 34.9 Å². The predicted molar refractivity (Wildman–Crippen MR) is 104 cm³/mol. The minimum atomic E-state index is -0.280. The Balaban J connectivity index is 1.90. The van der Waals surface area contributed by atoms with E-state index >= 15 is 0 Å². The number of aromatic nitrogens is 1. The molecule has 142 valence electrons. The van der Waals surface area contributed by atoms with E-state index in [1.54, 1.807) is 6.26 Å². The Kier molecular flexibility index (Phi) is 5.79. The fraction of sp³-hybridized carbons (Fsp3) is 0.364. The number of furan rings is 1. The molecule has 5 nitrogen and oxygen atoms in total. The third-order valence-electron chi connectivity index (χ3n) is 4.66. The number of hydrogen-bond donors (Lipinski definition) is 0. The van der Waals surface area contributed by atoms with Crippen LogP contribution in [0.4, 0.5) is 0 Å². The first-order chi connectivity index (χ1) is 13.0. The van der Waals surface area contributed by atoms with Crippen LogP contribution in [0.2, 0.25) is 0 Å². The van der Waals surface area contributed by atoms with E-state index < -0.39 is 0 Å². The number of aryl methyl sites for hydroxylation is 3. The quantitative estimate of drug-likeness (QED) is 0.567. The van der Waals surface area contributed by atoms with E-state index in [4.69, 9.17) is 13.9 Å². The zero-order valence-corrected chi connectivity index (χ0v) is 16.3. The van der Waals surface area contributed by atoms with Gasteiger partial charge in [0.1, 0.15) is 17.9 Å². The van der Waals surface area contributed by atoms with E-state index in [2.05, 4.69) is 18.0 Å². The zero-order valence-electron chi connectivity index (χ0n) is 16.3. The van der Waals surface area contributed by atoms with Gasteiger partial charge in [-0.05, 0) is 38.5 Å². The molecule has 0 unspecified atom stereocenters. The molecule has 0 fully saturated rings. The van der Waals surface area contributed by atoms with Crippen molar-refractivity contribution in [1.29, 1.82) is 0 Å². The molecule has 0 saturated heterocycles. The van der Waals surface area contributed by atoms with Crippen LogP contribution in [-0.2, 0) is 29.0 Å². The summed E-state index contributed by atoms with van der Waals surface area (Å²) in [6.07, 6.45) is 3.64. The second-order valence-corrected chi connectivity index (χ2v) is 6.67. The lowest BCUT2D eigenvalue weighted by atomic mass is 10.0. The molecule has 0 saturated carbocycles. The summed E-state index contributed by atoms with van der Waals surface area (Å²) in [5.74, 6) is 0.528. The van der Waals surface area contributed by atoms with Crippen LogP contribution in [0, 0.1) is 13.8 Å². The fourth-order valence-corrected chi connectivity index (χ4v) is 3.20. The van der Waals surface area contributed by atoms with Crippen LogP contribution in [0.25, 0.3) is 11.0 Å². The van der Waals surface area contributed by atoms with E-state index in [9.17, 15) is 4.79 Å². The number of fused-ring (bicyclic) bond motifs is 1. The van der Waals surface area contributed by atoms with Crippen LogP contribution in [-0.4, -0.2) is 18.1 Å². The zero-order chi connectivity index (χ0) is 19.4. The highest BCUT2D eigenvalue weighted by molar-refractivity contribution is 5.89. The molecule has 2 aromatic heterocycles. The van der Waals surface area contributed by atoms with Crippen molar-refractivity contribution in [2.24, 2.45) is 0 Å². The molecule has 0 aliphatic rings. The van der Waals surface area contributed by atoms with Crippen molar-refractivity contribution in [3.05, 3.63) is 58.6 Å². The average molecular weight is 367 g/mol. The monoisotopic (exact) mass is 367 g/mol. The summed E-state index contributed by atoms with van der Waals surface area (Å²) in [5, 5.41) is 0.935. The van der Waals surface area contributed by atoms with Crippen molar-refractivity contribution in [2.75, 3.05) is 7.11 Å². The predicted octanol–water partition coefficient (Wildman–Crippen LogP) is 4.69. The van der Waals surface area contributed by atoms with Gasteiger partial charge in [0.25, 0.3) is 0 Å². The van der Waals surface area contributed by atoms with Crippen LogP contribution in [0.3, 0.4) is 0 Å². The molecular weight excluding hydrogens is 342 g/mol. The lowest BCUT2D eigenvalue weighted by molar-refractivity contribution is -0.139. The van der Waals surface area contributed by atoms with Crippen molar-refractivity contribution < 1.29 is 18.7 Å². The highest BCUT2D eigenvalue weighted by Crippen LogP contribution is 2.33. The third-order valence-corrected chi connectivity index (χ3v) is 4.66. The molecule has 0 atom stereocenters. The molecule has 1 aromatic carbocycles. The minimum Gasteiger partial charge on any atom is -0.488 e. The molecule has 0 N–H and O–H groups in total. The molecule has 27 heavy (non-hydrogen) atoms. The number of benzene rings is 1. The summed E-state index contributed by atoms with van der Waals surface area (Å²) in [4.78, 5) is 16.1. The smallest absolute Gasteiger partial charge is 0.310 e. The Morgan fingerprint density at radius 3 is 2.67 bits per heavy atom. The normalized spacial score (nSPS) is 11.0. The van der Waals surface area contributed by atoms with E-state index in [-0.39, 0.29) is 12.4 Å². The highest BCUT2D eigenvalue weighted by Gasteiger charge is 2.17. The molecule has 2 heterocycles. The Hall–Kier alpha value is -2.82. The number of rotatable bonds is 7. The van der Waals surface area contributed by atoms with Crippen molar-refractivity contribution in [3.63, 3.8) is 0 Å². The molecule has 3 aromatic rings. The van der Waals surface area contributed by atoms with Crippen LogP contribution >= 0.6 is 0 Å². The summed E-state index contributed by atoms with van der Waals surface area (Å²) in [5.41, 5.74) is 5.69. The Morgan fingerprint density at radius 2 is 1.96 bits per heavy atom. The first-order valence-corrected chi connectivity index (χ1v) is 9.18. The molecule has 5 heteroatoms. The largest absolute Gasteiger partial charge is 0.488 e. The van der Waals surface area contributed by atoms with E-state index in [1.165, 1.54) is 7.11 Å². The van der Waals surface area contributed by atoms with Gasteiger partial charge in [-0.3, -0.25) is 9.78 Å². The van der Waals surface area contributed by atoms with E-state index in [0.717, 1.165) is 57.6 Å². The summed E-state index contributed by atoms with van der Waals surface area (Å²) < 4.78 is 16.7. The van der Waals surface area contributed by atoms with Crippen LogP contribution < -0.4 is 4.74 Å². The lowest BCUT2D eigenvalue weighted by Gasteiger charge is -2.13. The van der Waals surface area contributed by atoms with E-state index in [1.807, 2.05) is 32.0 Å². The Bertz CT molecular complexity index is 958. The second-order valence-electron chi connectivity index (χ2n) is 6.67. The van der Waals surface area contributed by atoms with Crippen molar-refractivity contribution in [3.8, 4) is 5.75 Å². The van der Waals surface area contributed by atoms with Crippen molar-refractivity contribution >= 4 is 16.9 Å². The number of methoxy groups -OCH3 is 1. The maximum atomic E-state index is 11.6. The summed E-state index contributed by atoms with van der Waals surface area (Å²) in [6, 6.07) is 7.96. The van der Waals surface area contributed by atoms with Gasteiger partial charge in [-0.25, -0.2) is 0 Å². The number of nitrogens with zero attached hydrogens (tertiary/aromatic N) is 1. The Morgan fingerprint density at radius 1 is 1.15 bits per heavy atom. The molecule has 0 radical (unpaired) electrons.